The molecular formula is C15H23NO5. The highest BCUT2D eigenvalue weighted by molar-refractivity contribution is 6.00. The van der Waals surface area contributed by atoms with Crippen molar-refractivity contribution in [2.75, 3.05) is 12.4 Å². The van der Waals surface area contributed by atoms with Crippen molar-refractivity contribution in [3.8, 4) is 5.75 Å². The van der Waals surface area contributed by atoms with Gasteiger partial charge in [0.1, 0.15) is 17.0 Å². The Bertz CT molecular complexity index is 491. The Morgan fingerprint density at radius 3 is 2.19 bits per heavy atom. The molecule has 0 heterocycles. The van der Waals surface area contributed by atoms with Gasteiger partial charge in [-0.2, -0.15) is 0 Å². The number of para-hydroxylation sites is 1. The van der Waals surface area contributed by atoms with Gasteiger partial charge >= 0.3 is 12.1 Å². The number of carbonyl (C=O) groups excluding carboxylic acids is 1. The third-order valence-corrected chi connectivity index (χ3v) is 2.10. The van der Waals surface area contributed by atoms with E-state index in [4.69, 9.17) is 14.6 Å². The van der Waals surface area contributed by atoms with Gasteiger partial charge in [-0.15, -0.1) is 0 Å². The summed E-state index contributed by atoms with van der Waals surface area (Å²) in [7, 11) is 1.39. The van der Waals surface area contributed by atoms with Gasteiger partial charge in [0.05, 0.1) is 12.7 Å². The number of carboxylic acids is 1. The predicted molar refractivity (Wildman–Crippen MR) is 81.2 cm³/mol. The number of hydrogen-bond acceptors (Lipinski definition) is 4. The maximum absolute atomic E-state index is 11.7. The average molecular weight is 297 g/mol. The summed E-state index contributed by atoms with van der Waals surface area (Å²) in [6.45, 7) is 9.15. The van der Waals surface area contributed by atoms with Gasteiger partial charge in [0.15, 0.2) is 0 Å². The second-order valence-corrected chi connectivity index (χ2v) is 4.81. The monoisotopic (exact) mass is 297 g/mol. The molecule has 1 rings (SSSR count). The summed E-state index contributed by atoms with van der Waals surface area (Å²) in [4.78, 5) is 22.8. The molecular weight excluding hydrogens is 274 g/mol. The Hall–Kier alpha value is -2.24. The first-order chi connectivity index (χ1) is 9.74. The maximum Gasteiger partial charge on any atom is 0.412 e. The molecule has 1 aromatic rings. The van der Waals surface area contributed by atoms with Gasteiger partial charge in [-0.05, 0) is 32.9 Å². The van der Waals surface area contributed by atoms with Crippen LogP contribution in [0.1, 0.15) is 45.0 Å². The van der Waals surface area contributed by atoms with Crippen LogP contribution in [-0.4, -0.2) is 29.9 Å². The molecule has 1 amide bonds. The fourth-order valence-electron chi connectivity index (χ4n) is 1.41. The number of benzene rings is 1. The fraction of sp³-hybridized carbons (Fsp3) is 0.467. The SMILES string of the molecule is CC.COc1cccc(C(=O)O)c1NC(=O)OC(C)(C)C. The molecule has 0 unspecified atom stereocenters. The molecule has 0 aliphatic heterocycles. The van der Waals surface area contributed by atoms with E-state index >= 15 is 0 Å². The highest BCUT2D eigenvalue weighted by atomic mass is 16.6. The first kappa shape index (κ1) is 18.8. The van der Waals surface area contributed by atoms with E-state index in [1.807, 2.05) is 13.8 Å². The number of carbonyl (C=O) groups is 2. The molecule has 0 aromatic heterocycles. The molecule has 0 bridgehead atoms. The standard InChI is InChI=1S/C13H17NO5.C2H6/c1-13(2,3)19-12(17)14-10-8(11(15)16)6-5-7-9(10)18-4;1-2/h5-7H,1-4H3,(H,14,17)(H,15,16);1-2H3. The molecule has 0 radical (unpaired) electrons. The van der Waals surface area contributed by atoms with E-state index in [9.17, 15) is 9.59 Å². The van der Waals surface area contributed by atoms with Gasteiger partial charge in [-0.3, -0.25) is 5.32 Å². The van der Waals surface area contributed by atoms with Crippen molar-refractivity contribution in [1.82, 2.24) is 0 Å². The Labute approximate surface area is 125 Å². The molecule has 0 fully saturated rings. The lowest BCUT2D eigenvalue weighted by Crippen LogP contribution is -2.28. The lowest BCUT2D eigenvalue weighted by Gasteiger charge is -2.20. The van der Waals surface area contributed by atoms with E-state index < -0.39 is 17.7 Å². The number of methoxy groups -OCH3 is 1. The zero-order chi connectivity index (χ0) is 16.6. The zero-order valence-electron chi connectivity index (χ0n) is 13.3. The van der Waals surface area contributed by atoms with Crippen LogP contribution in [0.5, 0.6) is 5.75 Å². The lowest BCUT2D eigenvalue weighted by atomic mass is 10.1. The van der Waals surface area contributed by atoms with Crippen molar-refractivity contribution >= 4 is 17.7 Å². The summed E-state index contributed by atoms with van der Waals surface area (Å²) in [6, 6.07) is 4.46. The number of ether oxygens (including phenoxy) is 2. The van der Waals surface area contributed by atoms with Crippen LogP contribution in [0.2, 0.25) is 0 Å². The first-order valence-corrected chi connectivity index (χ1v) is 6.65. The summed E-state index contributed by atoms with van der Waals surface area (Å²) in [5.74, 6) is -0.907. The van der Waals surface area contributed by atoms with E-state index in [-0.39, 0.29) is 17.0 Å². The summed E-state index contributed by atoms with van der Waals surface area (Å²) in [5.41, 5.74) is -0.660. The average Bonchev–Trinajstić information content (AvgIpc) is 2.38. The van der Waals surface area contributed by atoms with Gasteiger partial charge < -0.3 is 14.6 Å². The van der Waals surface area contributed by atoms with E-state index in [0.29, 0.717) is 0 Å². The summed E-state index contributed by atoms with van der Waals surface area (Å²) in [5, 5.41) is 11.5. The van der Waals surface area contributed by atoms with E-state index in [0.717, 1.165) is 0 Å². The molecule has 0 saturated heterocycles. The predicted octanol–water partition coefficient (Wildman–Crippen LogP) is 3.77. The lowest BCUT2D eigenvalue weighted by molar-refractivity contribution is 0.0635. The van der Waals surface area contributed by atoms with Crippen molar-refractivity contribution in [1.29, 1.82) is 0 Å². The number of hydrogen-bond donors (Lipinski definition) is 2. The van der Waals surface area contributed by atoms with Gasteiger partial charge in [0.25, 0.3) is 0 Å². The van der Waals surface area contributed by atoms with Gasteiger partial charge in [0.2, 0.25) is 0 Å². The Morgan fingerprint density at radius 1 is 1.19 bits per heavy atom. The van der Waals surface area contributed by atoms with E-state index in [2.05, 4.69) is 5.32 Å². The van der Waals surface area contributed by atoms with Crippen molar-refractivity contribution in [2.24, 2.45) is 0 Å². The third-order valence-electron chi connectivity index (χ3n) is 2.10. The summed E-state index contributed by atoms with van der Waals surface area (Å²) < 4.78 is 10.1. The number of aromatic carboxylic acids is 1. The Kier molecular flexibility index (Phi) is 7.27. The van der Waals surface area contributed by atoms with Crippen LogP contribution in [0.15, 0.2) is 18.2 Å². The van der Waals surface area contributed by atoms with Gasteiger partial charge in [0, 0.05) is 0 Å². The van der Waals surface area contributed by atoms with Crippen molar-refractivity contribution in [3.05, 3.63) is 23.8 Å². The third kappa shape index (κ3) is 6.16. The van der Waals surface area contributed by atoms with Crippen LogP contribution in [0.25, 0.3) is 0 Å². The molecule has 6 heteroatoms. The second kappa shape index (κ2) is 8.14. The molecule has 0 aliphatic carbocycles. The molecule has 0 saturated carbocycles. The van der Waals surface area contributed by atoms with Crippen LogP contribution in [0.3, 0.4) is 0 Å². The minimum atomic E-state index is -1.16. The molecule has 1 aromatic carbocycles. The minimum absolute atomic E-state index is 0.0646. The quantitative estimate of drug-likeness (QED) is 0.887. The zero-order valence-corrected chi connectivity index (χ0v) is 13.3. The molecule has 0 aliphatic rings. The van der Waals surface area contributed by atoms with Crippen LogP contribution >= 0.6 is 0 Å². The maximum atomic E-state index is 11.7. The number of nitrogens with one attached hydrogen (secondary N) is 1. The first-order valence-electron chi connectivity index (χ1n) is 6.65. The van der Waals surface area contributed by atoms with Crippen molar-refractivity contribution in [2.45, 2.75) is 40.2 Å². The van der Waals surface area contributed by atoms with Crippen molar-refractivity contribution in [3.63, 3.8) is 0 Å². The van der Waals surface area contributed by atoms with E-state index in [1.54, 1.807) is 26.8 Å². The van der Waals surface area contributed by atoms with Crippen LogP contribution < -0.4 is 10.1 Å². The van der Waals surface area contributed by atoms with Crippen LogP contribution in [-0.2, 0) is 4.74 Å². The topological polar surface area (TPSA) is 84.9 Å². The second-order valence-electron chi connectivity index (χ2n) is 4.81. The molecule has 0 spiro atoms. The van der Waals surface area contributed by atoms with Gasteiger partial charge in [-0.1, -0.05) is 19.9 Å². The molecule has 21 heavy (non-hydrogen) atoms. The number of rotatable bonds is 3. The van der Waals surface area contributed by atoms with Crippen LogP contribution in [0.4, 0.5) is 10.5 Å². The Balaban J connectivity index is 0.00000191. The normalized spacial score (nSPS) is 10.0. The largest absolute Gasteiger partial charge is 0.495 e. The Morgan fingerprint density at radius 2 is 1.76 bits per heavy atom. The van der Waals surface area contributed by atoms with Gasteiger partial charge in [-0.25, -0.2) is 9.59 Å². The summed E-state index contributed by atoms with van der Waals surface area (Å²) in [6.07, 6.45) is -0.737. The summed E-state index contributed by atoms with van der Waals surface area (Å²) >= 11 is 0. The molecule has 0 atom stereocenters. The van der Waals surface area contributed by atoms with Crippen LogP contribution in [0, 0.1) is 0 Å². The number of anilines is 1. The number of carboxylic acid groups (broad SMARTS) is 1. The molecule has 6 nitrogen and oxygen atoms in total. The minimum Gasteiger partial charge on any atom is -0.495 e. The fourth-order valence-corrected chi connectivity index (χ4v) is 1.41. The smallest absolute Gasteiger partial charge is 0.412 e. The highest BCUT2D eigenvalue weighted by Crippen LogP contribution is 2.28. The van der Waals surface area contributed by atoms with E-state index in [1.165, 1.54) is 19.2 Å². The molecule has 2 N–H and O–H groups in total. The molecule has 118 valence electrons. The van der Waals surface area contributed by atoms with Crippen molar-refractivity contribution < 1.29 is 24.2 Å². The highest BCUT2D eigenvalue weighted by Gasteiger charge is 2.21. The number of amides is 1.